The Morgan fingerprint density at radius 2 is 1.45 bits per heavy atom. The van der Waals surface area contributed by atoms with E-state index >= 15 is 0 Å². The molecule has 0 bridgehead atoms. The van der Waals surface area contributed by atoms with E-state index in [2.05, 4.69) is 63.0 Å². The zero-order valence-corrected chi connectivity index (χ0v) is 19.1. The van der Waals surface area contributed by atoms with Crippen LogP contribution < -0.4 is 0 Å². The molecule has 0 aromatic carbocycles. The fraction of sp³-hybridized carbons (Fsp3) is 0.438. The van der Waals surface area contributed by atoms with E-state index in [1.807, 2.05) is 0 Å². The van der Waals surface area contributed by atoms with Crippen LogP contribution in [0.4, 0.5) is 0 Å². The van der Waals surface area contributed by atoms with Crippen LogP contribution in [0.3, 0.4) is 0 Å². The van der Waals surface area contributed by atoms with Crippen molar-refractivity contribution in [3.63, 3.8) is 0 Å². The Hall–Kier alpha value is 0.430. The first kappa shape index (κ1) is 22.4. The Balaban J connectivity index is 0.00000220. The molecular weight excluding hydrogens is 414 g/mol. The minimum Gasteiger partial charge on any atom is -0.147 e. The molecule has 0 spiro atoms. The second-order valence-electron chi connectivity index (χ2n) is 6.30. The molecule has 0 aliphatic heterocycles. The molecule has 2 rings (SSSR count). The topological polar surface area (TPSA) is 18.5 Å². The van der Waals surface area contributed by atoms with Crippen LogP contribution in [0.5, 0.6) is 0 Å². The van der Waals surface area contributed by atoms with Gasteiger partial charge in [-0.2, -0.15) is 0 Å². The maximum absolute atomic E-state index is 6.92. The van der Waals surface area contributed by atoms with Crippen molar-refractivity contribution in [1.82, 2.24) is 0 Å². The first-order chi connectivity index (χ1) is 9.40. The quantitative estimate of drug-likeness (QED) is 0.544. The van der Waals surface area contributed by atoms with Crippen LogP contribution in [0.1, 0.15) is 19.8 Å². The molecule has 0 heterocycles. The molecule has 22 heavy (non-hydrogen) atoms. The summed E-state index contributed by atoms with van der Waals surface area (Å²) in [6, 6.07) is 0. The van der Waals surface area contributed by atoms with Crippen molar-refractivity contribution in [3.8, 4) is 0 Å². The molecule has 0 N–H and O–H groups in total. The molecule has 0 radical (unpaired) electrons. The van der Waals surface area contributed by atoms with Gasteiger partial charge in [0, 0.05) is 0 Å². The molecule has 6 heteroatoms. The van der Waals surface area contributed by atoms with Gasteiger partial charge in [-0.25, -0.2) is 0 Å². The molecule has 0 saturated heterocycles. The summed E-state index contributed by atoms with van der Waals surface area (Å²) in [4.78, 5) is 0. The van der Waals surface area contributed by atoms with Crippen molar-refractivity contribution in [1.29, 1.82) is 0 Å². The second kappa shape index (κ2) is 9.05. The van der Waals surface area contributed by atoms with Crippen molar-refractivity contribution in [3.05, 3.63) is 43.0 Å². The number of methoxy groups -OCH3 is 1. The third-order valence-corrected chi connectivity index (χ3v) is 20.6. The van der Waals surface area contributed by atoms with Gasteiger partial charge in [0.2, 0.25) is 0 Å². The van der Waals surface area contributed by atoms with Crippen LogP contribution in [0.25, 0.3) is 0 Å². The van der Waals surface area contributed by atoms with E-state index < -0.39 is 28.5 Å². The van der Waals surface area contributed by atoms with Crippen molar-refractivity contribution < 1.29 is 27.5 Å². The Bertz CT molecular complexity index is 535. The minimum atomic E-state index is -3.25. The zero-order valence-electron chi connectivity index (χ0n) is 14.0. The Morgan fingerprint density at radius 1 is 1.00 bits per heavy atom. The standard InChI is InChI=1S/2C5H5.C3H9OSi.C3H6O.2ClH.Zr/c2*1-2-4-5-3-1;1-5(2,3)4;1-3-4-2;;;/h2*1-3H,4H2;1-3H3;1-2H3;2*1H;/q;;-1;;;;+1. The minimum absolute atomic E-state index is 0. The summed E-state index contributed by atoms with van der Waals surface area (Å²) >= 11 is -3.25. The fourth-order valence-corrected chi connectivity index (χ4v) is 21.5. The van der Waals surface area contributed by atoms with E-state index in [-0.39, 0.29) is 24.8 Å². The largest absolute Gasteiger partial charge is 0.147 e. The number of rotatable bonds is 5. The number of ether oxygens (including phenoxy) is 1. The molecule has 0 fully saturated rings. The smallest absolute Gasteiger partial charge is 0.147 e. The predicted octanol–water partition coefficient (Wildman–Crippen LogP) is 5.23. The van der Waals surface area contributed by atoms with Crippen LogP contribution in [0.15, 0.2) is 43.0 Å². The summed E-state index contributed by atoms with van der Waals surface area (Å²) in [6.45, 7) is 8.99. The normalized spacial score (nSPS) is 16.8. The molecule has 2 aliphatic carbocycles. The van der Waals surface area contributed by atoms with Crippen molar-refractivity contribution in [2.24, 2.45) is 0 Å². The Morgan fingerprint density at radius 3 is 1.73 bits per heavy atom. The molecule has 0 atom stereocenters. The molecule has 0 aromatic rings. The summed E-state index contributed by atoms with van der Waals surface area (Å²) in [7, 11) is 0.141. The Labute approximate surface area is 152 Å². The SMILES string of the molecule is CO[C](C)=[Zr]([O][Si](C)(C)C)([C]1=CC=CC1)[C]1=CC=CC1.Cl.Cl. The van der Waals surface area contributed by atoms with Crippen LogP contribution in [-0.4, -0.2) is 18.8 Å². The van der Waals surface area contributed by atoms with Gasteiger partial charge in [0.15, 0.2) is 0 Å². The van der Waals surface area contributed by atoms with Gasteiger partial charge in [-0.3, -0.25) is 0 Å². The van der Waals surface area contributed by atoms with E-state index in [0.29, 0.717) is 0 Å². The van der Waals surface area contributed by atoms with Gasteiger partial charge in [0.05, 0.1) is 0 Å². The third-order valence-electron chi connectivity index (χ3n) is 3.71. The van der Waals surface area contributed by atoms with Gasteiger partial charge in [0.25, 0.3) is 0 Å². The summed E-state index contributed by atoms with van der Waals surface area (Å²) < 4.78 is 16.8. The van der Waals surface area contributed by atoms with Gasteiger partial charge >= 0.3 is 129 Å². The summed E-state index contributed by atoms with van der Waals surface area (Å²) in [5.41, 5.74) is 0. The number of halogens is 2. The number of allylic oxidation sites excluding steroid dienone is 8. The van der Waals surface area contributed by atoms with Gasteiger partial charge < -0.3 is 0 Å². The maximum atomic E-state index is 6.92. The summed E-state index contributed by atoms with van der Waals surface area (Å²) in [5.74, 6) is 0. The van der Waals surface area contributed by atoms with E-state index in [1.165, 1.54) is 6.56 Å². The van der Waals surface area contributed by atoms with Gasteiger partial charge in [-0.15, -0.1) is 24.8 Å². The van der Waals surface area contributed by atoms with Crippen LogP contribution in [0, 0.1) is 0 Å². The average Bonchev–Trinajstić information content (AvgIpc) is 3.05. The van der Waals surface area contributed by atoms with Crippen molar-refractivity contribution >= 4 is 36.5 Å². The molecule has 2 nitrogen and oxygen atoms in total. The first-order valence-corrected chi connectivity index (χ1v) is 15.3. The molecule has 0 aromatic heterocycles. The Kier molecular flexibility index (Phi) is 9.23. The van der Waals surface area contributed by atoms with E-state index in [4.69, 9.17) is 7.24 Å². The average molecular weight is 442 g/mol. The van der Waals surface area contributed by atoms with Crippen LogP contribution >= 0.6 is 24.8 Å². The van der Waals surface area contributed by atoms with Gasteiger partial charge in [0.1, 0.15) is 0 Å². The number of hydrogen-bond donors (Lipinski definition) is 0. The van der Waals surface area contributed by atoms with E-state index in [9.17, 15) is 0 Å². The van der Waals surface area contributed by atoms with E-state index in [0.717, 1.165) is 16.2 Å². The summed E-state index contributed by atoms with van der Waals surface area (Å²) in [5, 5.41) is 0. The molecule has 0 unspecified atom stereocenters. The van der Waals surface area contributed by atoms with Gasteiger partial charge in [-0.1, -0.05) is 0 Å². The summed E-state index contributed by atoms with van der Waals surface area (Å²) in [6.07, 6.45) is 15.4. The monoisotopic (exact) mass is 439 g/mol. The molecule has 0 amide bonds. The predicted molar refractivity (Wildman–Crippen MR) is 100 cm³/mol. The molecular formula is C16H27Cl2O2SiZr. The molecule has 125 valence electrons. The number of hydrogen-bond acceptors (Lipinski definition) is 2. The third kappa shape index (κ3) is 4.72. The zero-order chi connectivity index (χ0) is 14.8. The van der Waals surface area contributed by atoms with Crippen LogP contribution in [-0.2, 0) is 27.5 Å². The van der Waals surface area contributed by atoms with Crippen molar-refractivity contribution in [2.45, 2.75) is 39.4 Å². The first-order valence-electron chi connectivity index (χ1n) is 7.20. The van der Waals surface area contributed by atoms with Crippen LogP contribution in [0.2, 0.25) is 19.6 Å². The van der Waals surface area contributed by atoms with Crippen molar-refractivity contribution in [2.75, 3.05) is 7.11 Å². The maximum Gasteiger partial charge on any atom is -0.147 e. The van der Waals surface area contributed by atoms with E-state index in [1.54, 1.807) is 7.11 Å². The fourth-order valence-electron chi connectivity index (χ4n) is 2.88. The molecule has 2 aliphatic rings. The van der Waals surface area contributed by atoms with Gasteiger partial charge in [-0.05, 0) is 0 Å². The second-order valence-corrected chi connectivity index (χ2v) is 20.5. The molecule has 0 saturated carbocycles.